The molecule has 1 atom stereocenters. The van der Waals surface area contributed by atoms with Crippen molar-refractivity contribution in [1.29, 1.82) is 0 Å². The molecular formula is C18H21F2N. The number of nitrogens with one attached hydrogen (secondary N) is 1. The zero-order valence-electron chi connectivity index (χ0n) is 12.4. The fourth-order valence-corrected chi connectivity index (χ4v) is 2.38. The maximum atomic E-state index is 13.9. The van der Waals surface area contributed by atoms with Gasteiger partial charge in [0.05, 0.1) is 0 Å². The van der Waals surface area contributed by atoms with Crippen LogP contribution in [0.15, 0.2) is 48.5 Å². The molecule has 2 aromatic rings. The van der Waals surface area contributed by atoms with E-state index in [1.807, 2.05) is 30.3 Å². The van der Waals surface area contributed by atoms with Crippen LogP contribution in [0.5, 0.6) is 0 Å². The topological polar surface area (TPSA) is 12.0 Å². The van der Waals surface area contributed by atoms with Crippen molar-refractivity contribution < 1.29 is 8.78 Å². The molecule has 0 saturated carbocycles. The second-order valence-corrected chi connectivity index (χ2v) is 5.61. The summed E-state index contributed by atoms with van der Waals surface area (Å²) >= 11 is 0. The van der Waals surface area contributed by atoms with E-state index in [1.54, 1.807) is 0 Å². The van der Waals surface area contributed by atoms with Gasteiger partial charge in [0, 0.05) is 18.5 Å². The minimum Gasteiger partial charge on any atom is -0.314 e. The van der Waals surface area contributed by atoms with Crippen LogP contribution in [0.4, 0.5) is 8.78 Å². The highest BCUT2D eigenvalue weighted by molar-refractivity contribution is 5.26. The number of rotatable bonds is 6. The molecule has 0 aliphatic carbocycles. The van der Waals surface area contributed by atoms with E-state index in [2.05, 4.69) is 19.2 Å². The van der Waals surface area contributed by atoms with E-state index in [4.69, 9.17) is 0 Å². The fraction of sp³-hybridized carbons (Fsp3) is 0.333. The molecule has 21 heavy (non-hydrogen) atoms. The highest BCUT2D eigenvalue weighted by atomic mass is 19.1. The van der Waals surface area contributed by atoms with Crippen LogP contribution in [-0.2, 0) is 6.42 Å². The molecule has 0 aromatic heterocycles. The van der Waals surface area contributed by atoms with Crippen LogP contribution in [-0.4, -0.2) is 12.6 Å². The van der Waals surface area contributed by atoms with Gasteiger partial charge < -0.3 is 5.32 Å². The van der Waals surface area contributed by atoms with E-state index in [-0.39, 0.29) is 11.7 Å². The molecule has 0 amide bonds. The van der Waals surface area contributed by atoms with Gasteiger partial charge >= 0.3 is 0 Å². The average molecular weight is 289 g/mol. The lowest BCUT2D eigenvalue weighted by Crippen LogP contribution is -2.29. The molecule has 0 bridgehead atoms. The molecule has 0 heterocycles. The van der Waals surface area contributed by atoms with Crippen molar-refractivity contribution in [3.05, 3.63) is 71.3 Å². The van der Waals surface area contributed by atoms with Crippen LogP contribution in [0.3, 0.4) is 0 Å². The van der Waals surface area contributed by atoms with E-state index in [1.165, 1.54) is 12.1 Å². The van der Waals surface area contributed by atoms with Crippen molar-refractivity contribution in [2.45, 2.75) is 32.2 Å². The van der Waals surface area contributed by atoms with E-state index in [0.29, 0.717) is 18.0 Å². The number of halogens is 2. The lowest BCUT2D eigenvalue weighted by molar-refractivity contribution is 0.513. The molecule has 0 aliphatic heterocycles. The van der Waals surface area contributed by atoms with Crippen LogP contribution in [0.2, 0.25) is 0 Å². The standard InChI is InChI=1S/C18H21F2N/c1-13(2)21-12-16(14-6-4-3-5-7-14)10-15-11-17(19)8-9-18(15)20/h3-9,11,13,16,21H,10,12H2,1-2H3. The largest absolute Gasteiger partial charge is 0.314 e. The SMILES string of the molecule is CC(C)NCC(Cc1cc(F)ccc1F)c1ccccc1. The summed E-state index contributed by atoms with van der Waals surface area (Å²) in [6, 6.07) is 14.0. The summed E-state index contributed by atoms with van der Waals surface area (Å²) in [6.07, 6.45) is 0.479. The van der Waals surface area contributed by atoms with Gasteiger partial charge in [-0.25, -0.2) is 8.78 Å². The lowest BCUT2D eigenvalue weighted by atomic mass is 9.91. The van der Waals surface area contributed by atoms with Crippen LogP contribution in [0, 0.1) is 11.6 Å². The molecule has 0 spiro atoms. The predicted molar refractivity (Wildman–Crippen MR) is 82.4 cm³/mol. The average Bonchev–Trinajstić information content (AvgIpc) is 2.47. The maximum absolute atomic E-state index is 13.9. The summed E-state index contributed by atoms with van der Waals surface area (Å²) in [5, 5.41) is 3.38. The molecule has 1 N–H and O–H groups in total. The fourth-order valence-electron chi connectivity index (χ4n) is 2.38. The number of benzene rings is 2. The first-order valence-corrected chi connectivity index (χ1v) is 7.28. The van der Waals surface area contributed by atoms with Gasteiger partial charge in [0.15, 0.2) is 0 Å². The Kier molecular flexibility index (Phi) is 5.45. The van der Waals surface area contributed by atoms with Crippen LogP contribution >= 0.6 is 0 Å². The smallest absolute Gasteiger partial charge is 0.126 e. The van der Waals surface area contributed by atoms with Crippen LogP contribution in [0.25, 0.3) is 0 Å². The van der Waals surface area contributed by atoms with E-state index >= 15 is 0 Å². The molecule has 1 unspecified atom stereocenters. The molecule has 0 saturated heterocycles. The summed E-state index contributed by atoms with van der Waals surface area (Å²) < 4.78 is 27.2. The van der Waals surface area contributed by atoms with Crippen LogP contribution < -0.4 is 5.32 Å². The van der Waals surface area contributed by atoms with Crippen molar-refractivity contribution >= 4 is 0 Å². The first-order chi connectivity index (χ1) is 10.1. The highest BCUT2D eigenvalue weighted by Gasteiger charge is 2.15. The minimum absolute atomic E-state index is 0.116. The molecular weight excluding hydrogens is 268 g/mol. The third-order valence-electron chi connectivity index (χ3n) is 3.52. The molecule has 112 valence electrons. The van der Waals surface area contributed by atoms with Gasteiger partial charge in [0.1, 0.15) is 11.6 Å². The van der Waals surface area contributed by atoms with Crippen LogP contribution in [0.1, 0.15) is 30.9 Å². The third kappa shape index (κ3) is 4.64. The lowest BCUT2D eigenvalue weighted by Gasteiger charge is -2.20. The summed E-state index contributed by atoms with van der Waals surface area (Å²) in [5.74, 6) is -0.623. The molecule has 2 rings (SSSR count). The molecule has 3 heteroatoms. The van der Waals surface area contributed by atoms with Crippen molar-refractivity contribution in [3.63, 3.8) is 0 Å². The molecule has 0 radical (unpaired) electrons. The summed E-state index contributed by atoms with van der Waals surface area (Å²) in [6.45, 7) is 4.88. The van der Waals surface area contributed by atoms with Crippen molar-refractivity contribution in [1.82, 2.24) is 5.32 Å². The Labute approximate surface area is 125 Å². The van der Waals surface area contributed by atoms with Crippen molar-refractivity contribution in [3.8, 4) is 0 Å². The van der Waals surface area contributed by atoms with Gasteiger partial charge in [-0.05, 0) is 35.7 Å². The van der Waals surface area contributed by atoms with E-state index in [9.17, 15) is 8.78 Å². The van der Waals surface area contributed by atoms with Gasteiger partial charge in [-0.2, -0.15) is 0 Å². The minimum atomic E-state index is -0.393. The molecule has 0 fully saturated rings. The Morgan fingerprint density at radius 1 is 1.00 bits per heavy atom. The number of hydrogen-bond donors (Lipinski definition) is 1. The van der Waals surface area contributed by atoms with Gasteiger partial charge in [-0.15, -0.1) is 0 Å². The van der Waals surface area contributed by atoms with Gasteiger partial charge in [0.2, 0.25) is 0 Å². The van der Waals surface area contributed by atoms with Gasteiger partial charge in [-0.1, -0.05) is 44.2 Å². The highest BCUT2D eigenvalue weighted by Crippen LogP contribution is 2.22. The Morgan fingerprint density at radius 3 is 2.38 bits per heavy atom. The molecule has 1 nitrogen and oxygen atoms in total. The van der Waals surface area contributed by atoms with Crippen molar-refractivity contribution in [2.75, 3.05) is 6.54 Å². The summed E-state index contributed by atoms with van der Waals surface area (Å²) in [5.41, 5.74) is 1.56. The molecule has 0 aliphatic rings. The Hall–Kier alpha value is -1.74. The van der Waals surface area contributed by atoms with E-state index < -0.39 is 5.82 Å². The number of hydrogen-bond acceptors (Lipinski definition) is 1. The zero-order chi connectivity index (χ0) is 15.2. The normalized spacial score (nSPS) is 12.6. The maximum Gasteiger partial charge on any atom is 0.126 e. The predicted octanol–water partition coefficient (Wildman–Crippen LogP) is 4.29. The third-order valence-corrected chi connectivity index (χ3v) is 3.52. The Balaban J connectivity index is 2.21. The van der Waals surface area contributed by atoms with E-state index in [0.717, 1.165) is 18.2 Å². The summed E-state index contributed by atoms with van der Waals surface area (Å²) in [7, 11) is 0. The first kappa shape index (κ1) is 15.6. The Bertz CT molecular complexity index is 567. The molecule has 2 aromatic carbocycles. The van der Waals surface area contributed by atoms with Crippen molar-refractivity contribution in [2.24, 2.45) is 0 Å². The quantitative estimate of drug-likeness (QED) is 0.836. The monoisotopic (exact) mass is 289 g/mol. The zero-order valence-corrected chi connectivity index (χ0v) is 12.4. The van der Waals surface area contributed by atoms with Gasteiger partial charge in [-0.3, -0.25) is 0 Å². The Morgan fingerprint density at radius 2 is 1.71 bits per heavy atom. The second kappa shape index (κ2) is 7.32. The summed E-state index contributed by atoms with van der Waals surface area (Å²) in [4.78, 5) is 0. The van der Waals surface area contributed by atoms with Gasteiger partial charge in [0.25, 0.3) is 0 Å². The first-order valence-electron chi connectivity index (χ1n) is 7.28. The second-order valence-electron chi connectivity index (χ2n) is 5.61.